The van der Waals surface area contributed by atoms with Gasteiger partial charge in [0, 0.05) is 19.3 Å². The molecule has 5 nitrogen and oxygen atoms in total. The van der Waals surface area contributed by atoms with E-state index in [1.807, 2.05) is 24.3 Å². The van der Waals surface area contributed by atoms with Gasteiger partial charge in [-0.05, 0) is 22.9 Å². The maximum absolute atomic E-state index is 12.2. The van der Waals surface area contributed by atoms with Gasteiger partial charge in [0.1, 0.15) is 5.75 Å². The highest BCUT2D eigenvalue weighted by Crippen LogP contribution is 2.25. The van der Waals surface area contributed by atoms with Gasteiger partial charge in [0.25, 0.3) is 5.91 Å². The van der Waals surface area contributed by atoms with Crippen LogP contribution in [0.3, 0.4) is 0 Å². The lowest BCUT2D eigenvalue weighted by Gasteiger charge is -2.06. The summed E-state index contributed by atoms with van der Waals surface area (Å²) in [6.07, 6.45) is 1.73. The Labute approximate surface area is 115 Å². The van der Waals surface area contributed by atoms with E-state index < -0.39 is 0 Å². The molecule has 1 aromatic heterocycles. The van der Waals surface area contributed by atoms with Crippen molar-refractivity contribution in [2.45, 2.75) is 0 Å². The van der Waals surface area contributed by atoms with Crippen LogP contribution < -0.4 is 5.32 Å². The van der Waals surface area contributed by atoms with Gasteiger partial charge in [0.15, 0.2) is 5.82 Å². The minimum absolute atomic E-state index is 0.0443. The van der Waals surface area contributed by atoms with Gasteiger partial charge in [-0.25, -0.2) is 0 Å². The van der Waals surface area contributed by atoms with E-state index >= 15 is 0 Å². The van der Waals surface area contributed by atoms with Crippen LogP contribution in [0.15, 0.2) is 48.7 Å². The SMILES string of the molecule is Cn1ccc(NC(=O)c2cc3ccccc3cc2O)n1. The quantitative estimate of drug-likeness (QED) is 0.749. The first kappa shape index (κ1) is 12.2. The summed E-state index contributed by atoms with van der Waals surface area (Å²) in [7, 11) is 1.77. The summed E-state index contributed by atoms with van der Waals surface area (Å²) in [6.45, 7) is 0. The molecule has 2 N–H and O–H groups in total. The lowest BCUT2D eigenvalue weighted by atomic mass is 10.1. The first-order valence-corrected chi connectivity index (χ1v) is 6.16. The molecular formula is C15H13N3O2. The zero-order valence-electron chi connectivity index (χ0n) is 10.9. The Kier molecular flexibility index (Phi) is 2.87. The normalized spacial score (nSPS) is 10.7. The third kappa shape index (κ3) is 2.21. The van der Waals surface area contributed by atoms with Gasteiger partial charge in [-0.3, -0.25) is 9.48 Å². The Morgan fingerprint density at radius 3 is 2.55 bits per heavy atom. The standard InChI is InChI=1S/C15H13N3O2/c1-18-7-6-14(17-18)16-15(20)12-8-10-4-2-3-5-11(10)9-13(12)19/h2-9,19H,1H3,(H,16,17,20). The molecular weight excluding hydrogens is 254 g/mol. The molecule has 20 heavy (non-hydrogen) atoms. The van der Waals surface area contributed by atoms with Gasteiger partial charge in [0.2, 0.25) is 0 Å². The van der Waals surface area contributed by atoms with Crippen LogP contribution >= 0.6 is 0 Å². The molecule has 0 aliphatic rings. The van der Waals surface area contributed by atoms with Crippen LogP contribution in [0.5, 0.6) is 5.75 Å². The number of benzene rings is 2. The summed E-state index contributed by atoms with van der Waals surface area (Å²) in [4.78, 5) is 12.2. The molecule has 3 aromatic rings. The number of rotatable bonds is 2. The Morgan fingerprint density at radius 1 is 1.20 bits per heavy atom. The smallest absolute Gasteiger partial charge is 0.260 e. The molecule has 0 unspecified atom stereocenters. The van der Waals surface area contributed by atoms with Gasteiger partial charge in [-0.15, -0.1) is 0 Å². The molecule has 0 atom stereocenters. The van der Waals surface area contributed by atoms with E-state index in [1.165, 1.54) is 0 Å². The monoisotopic (exact) mass is 267 g/mol. The van der Waals surface area contributed by atoms with Crippen molar-refractivity contribution >= 4 is 22.5 Å². The van der Waals surface area contributed by atoms with Crippen molar-refractivity contribution in [2.24, 2.45) is 7.05 Å². The zero-order valence-corrected chi connectivity index (χ0v) is 10.9. The van der Waals surface area contributed by atoms with Crippen molar-refractivity contribution < 1.29 is 9.90 Å². The van der Waals surface area contributed by atoms with E-state index in [4.69, 9.17) is 0 Å². The van der Waals surface area contributed by atoms with E-state index in [2.05, 4.69) is 10.4 Å². The van der Waals surface area contributed by atoms with Crippen LogP contribution in [0.4, 0.5) is 5.82 Å². The topological polar surface area (TPSA) is 67.2 Å². The van der Waals surface area contributed by atoms with Crippen molar-refractivity contribution in [3.63, 3.8) is 0 Å². The number of aryl methyl sites for hydroxylation is 1. The lowest BCUT2D eigenvalue weighted by molar-refractivity contribution is 0.102. The fourth-order valence-electron chi connectivity index (χ4n) is 2.08. The van der Waals surface area contributed by atoms with Gasteiger partial charge in [-0.2, -0.15) is 5.10 Å². The Balaban J connectivity index is 1.96. The summed E-state index contributed by atoms with van der Waals surface area (Å²) in [6, 6.07) is 12.5. The highest BCUT2D eigenvalue weighted by molar-refractivity contribution is 6.08. The van der Waals surface area contributed by atoms with Crippen LogP contribution in [-0.4, -0.2) is 20.8 Å². The number of anilines is 1. The Morgan fingerprint density at radius 2 is 1.90 bits per heavy atom. The molecule has 0 spiro atoms. The van der Waals surface area contributed by atoms with E-state index in [0.717, 1.165) is 10.8 Å². The molecule has 0 saturated heterocycles. The maximum Gasteiger partial charge on any atom is 0.260 e. The Hall–Kier alpha value is -2.82. The number of aromatic hydroxyl groups is 1. The van der Waals surface area contributed by atoms with Crippen molar-refractivity contribution in [3.05, 3.63) is 54.2 Å². The van der Waals surface area contributed by atoms with Crippen LogP contribution in [0, 0.1) is 0 Å². The van der Waals surface area contributed by atoms with Gasteiger partial charge in [0.05, 0.1) is 5.56 Å². The zero-order chi connectivity index (χ0) is 14.1. The molecule has 1 amide bonds. The molecule has 100 valence electrons. The summed E-state index contributed by atoms with van der Waals surface area (Å²) in [5.74, 6) is 0.0224. The van der Waals surface area contributed by atoms with Crippen LogP contribution in [0.25, 0.3) is 10.8 Å². The van der Waals surface area contributed by atoms with E-state index in [1.54, 1.807) is 36.1 Å². The number of amides is 1. The number of aromatic nitrogens is 2. The second kappa shape index (κ2) is 4.70. The fraction of sp³-hybridized carbons (Fsp3) is 0.0667. The second-order valence-electron chi connectivity index (χ2n) is 4.55. The number of hydrogen-bond donors (Lipinski definition) is 2. The minimum Gasteiger partial charge on any atom is -0.507 e. The maximum atomic E-state index is 12.2. The number of phenolic OH excluding ortho intramolecular Hbond substituents is 1. The average molecular weight is 267 g/mol. The molecule has 1 heterocycles. The average Bonchev–Trinajstić information content (AvgIpc) is 2.83. The predicted octanol–water partition coefficient (Wildman–Crippen LogP) is 2.53. The molecule has 0 aliphatic carbocycles. The Bertz CT molecular complexity index is 793. The van der Waals surface area contributed by atoms with E-state index in [0.29, 0.717) is 5.82 Å². The van der Waals surface area contributed by atoms with Gasteiger partial charge in [-0.1, -0.05) is 24.3 Å². The number of carbonyl (C=O) groups excluding carboxylic acids is 1. The van der Waals surface area contributed by atoms with Crippen molar-refractivity contribution in [2.75, 3.05) is 5.32 Å². The third-order valence-electron chi connectivity index (χ3n) is 3.06. The molecule has 0 saturated carbocycles. The number of carbonyl (C=O) groups is 1. The molecule has 5 heteroatoms. The second-order valence-corrected chi connectivity index (χ2v) is 4.55. The number of fused-ring (bicyclic) bond motifs is 1. The fourth-order valence-corrected chi connectivity index (χ4v) is 2.08. The van der Waals surface area contributed by atoms with E-state index in [9.17, 15) is 9.90 Å². The number of nitrogens with one attached hydrogen (secondary N) is 1. The van der Waals surface area contributed by atoms with Gasteiger partial charge < -0.3 is 10.4 Å². The van der Waals surface area contributed by atoms with Crippen LogP contribution in [0.1, 0.15) is 10.4 Å². The van der Waals surface area contributed by atoms with Crippen LogP contribution in [0.2, 0.25) is 0 Å². The molecule has 0 aliphatic heterocycles. The molecule has 0 fully saturated rings. The van der Waals surface area contributed by atoms with Crippen molar-refractivity contribution in [1.82, 2.24) is 9.78 Å². The van der Waals surface area contributed by atoms with Crippen molar-refractivity contribution in [1.29, 1.82) is 0 Å². The van der Waals surface area contributed by atoms with E-state index in [-0.39, 0.29) is 17.2 Å². The molecule has 0 radical (unpaired) electrons. The first-order chi connectivity index (χ1) is 9.63. The highest BCUT2D eigenvalue weighted by Gasteiger charge is 2.13. The first-order valence-electron chi connectivity index (χ1n) is 6.16. The number of nitrogens with zero attached hydrogens (tertiary/aromatic N) is 2. The van der Waals surface area contributed by atoms with Gasteiger partial charge >= 0.3 is 0 Å². The summed E-state index contributed by atoms with van der Waals surface area (Å²) in [5, 5.41) is 18.5. The molecule has 3 rings (SSSR count). The number of hydrogen-bond acceptors (Lipinski definition) is 3. The van der Waals surface area contributed by atoms with Crippen molar-refractivity contribution in [3.8, 4) is 5.75 Å². The summed E-state index contributed by atoms with van der Waals surface area (Å²) >= 11 is 0. The predicted molar refractivity (Wildman–Crippen MR) is 76.8 cm³/mol. The third-order valence-corrected chi connectivity index (χ3v) is 3.06. The largest absolute Gasteiger partial charge is 0.507 e. The molecule has 2 aromatic carbocycles. The summed E-state index contributed by atoms with van der Waals surface area (Å²) < 4.78 is 1.59. The highest BCUT2D eigenvalue weighted by atomic mass is 16.3. The lowest BCUT2D eigenvalue weighted by Crippen LogP contribution is -2.12. The number of phenols is 1. The minimum atomic E-state index is -0.382. The van der Waals surface area contributed by atoms with Crippen LogP contribution in [-0.2, 0) is 7.05 Å². The summed E-state index contributed by atoms with van der Waals surface area (Å²) in [5.41, 5.74) is 0.231. The molecule has 0 bridgehead atoms.